The molecule has 1 rings (SSSR count). The highest BCUT2D eigenvalue weighted by Gasteiger charge is 2.10. The molecule has 0 radical (unpaired) electrons. The lowest BCUT2D eigenvalue weighted by molar-refractivity contribution is -0.137. The molecule has 2 N–H and O–H groups in total. The summed E-state index contributed by atoms with van der Waals surface area (Å²) in [7, 11) is 0. The van der Waals surface area contributed by atoms with E-state index in [1.165, 1.54) is 12.1 Å². The second kappa shape index (κ2) is 6.21. The molecule has 17 heavy (non-hydrogen) atoms. The molecule has 0 aliphatic rings. The highest BCUT2D eigenvalue weighted by atomic mass is 79.9. The largest absolute Gasteiger partial charge is 0.481 e. The predicted octanol–water partition coefficient (Wildman–Crippen LogP) is 2.74. The first-order chi connectivity index (χ1) is 8.06. The second-order valence-corrected chi connectivity index (χ2v) is 4.12. The van der Waals surface area contributed by atoms with Crippen molar-refractivity contribution in [3.8, 4) is 6.07 Å². The van der Waals surface area contributed by atoms with Gasteiger partial charge in [-0.25, -0.2) is 4.39 Å². The lowest BCUT2D eigenvalue weighted by Crippen LogP contribution is -2.06. The molecule has 0 saturated carbocycles. The molecule has 0 heterocycles. The summed E-state index contributed by atoms with van der Waals surface area (Å²) in [6, 6.07) is 4.80. The summed E-state index contributed by atoms with van der Waals surface area (Å²) in [6.45, 7) is 0.363. The monoisotopic (exact) mass is 300 g/mol. The number of carboxylic acid groups (broad SMARTS) is 1. The van der Waals surface area contributed by atoms with Gasteiger partial charge in [0.25, 0.3) is 0 Å². The van der Waals surface area contributed by atoms with Crippen molar-refractivity contribution in [2.24, 2.45) is 0 Å². The number of nitriles is 1. The lowest BCUT2D eigenvalue weighted by Gasteiger charge is -2.08. The third kappa shape index (κ3) is 3.71. The molecule has 0 bridgehead atoms. The molecule has 1 aromatic rings. The van der Waals surface area contributed by atoms with Crippen molar-refractivity contribution in [3.63, 3.8) is 0 Å². The minimum atomic E-state index is -0.881. The number of nitrogens with one attached hydrogen (secondary N) is 1. The number of nitrogens with zero attached hydrogens (tertiary/aromatic N) is 1. The number of rotatable bonds is 5. The van der Waals surface area contributed by atoms with Crippen LogP contribution in [0.5, 0.6) is 0 Å². The summed E-state index contributed by atoms with van der Waals surface area (Å²) in [5.74, 6) is -1.42. The summed E-state index contributed by atoms with van der Waals surface area (Å²) in [4.78, 5) is 10.3. The minimum Gasteiger partial charge on any atom is -0.481 e. The molecule has 1 aromatic carbocycles. The molecule has 0 amide bonds. The van der Waals surface area contributed by atoms with Gasteiger partial charge in [-0.15, -0.1) is 0 Å². The van der Waals surface area contributed by atoms with Gasteiger partial charge in [0.05, 0.1) is 15.7 Å². The van der Waals surface area contributed by atoms with Gasteiger partial charge in [0.15, 0.2) is 5.82 Å². The normalized spacial score (nSPS) is 9.71. The number of carboxylic acids is 1. The SMILES string of the molecule is N#Cc1ccc(NCCCC(=O)O)c(F)c1Br. The maximum atomic E-state index is 13.7. The second-order valence-electron chi connectivity index (χ2n) is 3.32. The highest BCUT2D eigenvalue weighted by molar-refractivity contribution is 9.10. The van der Waals surface area contributed by atoms with Gasteiger partial charge in [-0.3, -0.25) is 4.79 Å². The van der Waals surface area contributed by atoms with Crippen molar-refractivity contribution in [2.45, 2.75) is 12.8 Å². The predicted molar refractivity (Wildman–Crippen MR) is 64.2 cm³/mol. The van der Waals surface area contributed by atoms with Gasteiger partial charge >= 0.3 is 5.97 Å². The van der Waals surface area contributed by atoms with Crippen molar-refractivity contribution < 1.29 is 14.3 Å². The summed E-state index contributed by atoms with van der Waals surface area (Å²) >= 11 is 2.99. The molecule has 4 nitrogen and oxygen atoms in total. The number of halogens is 2. The van der Waals surface area contributed by atoms with E-state index in [1.807, 2.05) is 6.07 Å². The zero-order chi connectivity index (χ0) is 12.8. The Balaban J connectivity index is 2.64. The Morgan fingerprint density at radius 2 is 2.29 bits per heavy atom. The van der Waals surface area contributed by atoms with E-state index in [9.17, 15) is 9.18 Å². The Hall–Kier alpha value is -1.61. The fraction of sp³-hybridized carbons (Fsp3) is 0.273. The first-order valence-corrected chi connectivity index (χ1v) is 5.69. The number of anilines is 1. The van der Waals surface area contributed by atoms with E-state index in [1.54, 1.807) is 0 Å². The van der Waals surface area contributed by atoms with Crippen LogP contribution < -0.4 is 5.32 Å². The maximum absolute atomic E-state index is 13.7. The molecule has 0 saturated heterocycles. The Labute approximate surface area is 106 Å². The van der Waals surface area contributed by atoms with E-state index in [-0.39, 0.29) is 22.1 Å². The van der Waals surface area contributed by atoms with Crippen molar-refractivity contribution in [3.05, 3.63) is 28.0 Å². The van der Waals surface area contributed by atoms with Gasteiger partial charge in [0, 0.05) is 13.0 Å². The van der Waals surface area contributed by atoms with Crippen LogP contribution in [0.25, 0.3) is 0 Å². The van der Waals surface area contributed by atoms with Crippen LogP contribution in [-0.4, -0.2) is 17.6 Å². The molecule has 0 fully saturated rings. The zero-order valence-corrected chi connectivity index (χ0v) is 10.4. The van der Waals surface area contributed by atoms with Crippen LogP contribution in [0, 0.1) is 17.1 Å². The number of carbonyl (C=O) groups is 1. The Morgan fingerprint density at radius 3 is 2.88 bits per heavy atom. The van der Waals surface area contributed by atoms with Crippen LogP contribution in [0.4, 0.5) is 10.1 Å². The van der Waals surface area contributed by atoms with Crippen molar-refractivity contribution in [1.82, 2.24) is 0 Å². The average Bonchev–Trinajstić information content (AvgIpc) is 2.29. The molecule has 0 atom stereocenters. The Kier molecular flexibility index (Phi) is 4.91. The maximum Gasteiger partial charge on any atom is 0.303 e. The Bertz CT molecular complexity index is 471. The first-order valence-electron chi connectivity index (χ1n) is 4.90. The van der Waals surface area contributed by atoms with Gasteiger partial charge in [0.2, 0.25) is 0 Å². The number of hydrogen-bond acceptors (Lipinski definition) is 3. The zero-order valence-electron chi connectivity index (χ0n) is 8.83. The molecular weight excluding hydrogens is 291 g/mol. The van der Waals surface area contributed by atoms with Crippen LogP contribution in [0.15, 0.2) is 16.6 Å². The average molecular weight is 301 g/mol. The van der Waals surface area contributed by atoms with Gasteiger partial charge in [-0.05, 0) is 34.5 Å². The van der Waals surface area contributed by atoms with E-state index in [2.05, 4.69) is 21.2 Å². The summed E-state index contributed by atoms with van der Waals surface area (Å²) in [5.41, 5.74) is 0.472. The van der Waals surface area contributed by atoms with Crippen LogP contribution in [0.3, 0.4) is 0 Å². The fourth-order valence-corrected chi connectivity index (χ4v) is 1.67. The summed E-state index contributed by atoms with van der Waals surface area (Å²) in [6.07, 6.45) is 0.443. The fourth-order valence-electron chi connectivity index (χ4n) is 1.24. The lowest BCUT2D eigenvalue weighted by atomic mass is 10.2. The van der Waals surface area contributed by atoms with Gasteiger partial charge in [-0.2, -0.15) is 5.26 Å². The quantitative estimate of drug-likeness (QED) is 0.820. The van der Waals surface area contributed by atoms with Crippen LogP contribution >= 0.6 is 15.9 Å². The van der Waals surface area contributed by atoms with E-state index in [4.69, 9.17) is 10.4 Å². The third-order valence-electron chi connectivity index (χ3n) is 2.09. The van der Waals surface area contributed by atoms with E-state index < -0.39 is 11.8 Å². The number of hydrogen-bond donors (Lipinski definition) is 2. The molecule has 0 unspecified atom stereocenters. The molecule has 0 aromatic heterocycles. The van der Waals surface area contributed by atoms with Crippen LogP contribution in [0.1, 0.15) is 18.4 Å². The third-order valence-corrected chi connectivity index (χ3v) is 2.86. The molecule has 6 heteroatoms. The first kappa shape index (κ1) is 13.5. The standard InChI is InChI=1S/C11H10BrFN2O2/c12-10-7(6-14)3-4-8(11(10)13)15-5-1-2-9(16)17/h3-4,15H,1-2,5H2,(H,16,17). The highest BCUT2D eigenvalue weighted by Crippen LogP contribution is 2.26. The van der Waals surface area contributed by atoms with Gasteiger partial charge in [-0.1, -0.05) is 0 Å². The van der Waals surface area contributed by atoms with E-state index in [0.29, 0.717) is 13.0 Å². The smallest absolute Gasteiger partial charge is 0.303 e. The van der Waals surface area contributed by atoms with Crippen molar-refractivity contribution in [2.75, 3.05) is 11.9 Å². The molecule has 0 aliphatic carbocycles. The summed E-state index contributed by atoms with van der Waals surface area (Å²) in [5, 5.41) is 19.9. The topological polar surface area (TPSA) is 73.1 Å². The Morgan fingerprint density at radius 1 is 1.59 bits per heavy atom. The molecule has 0 spiro atoms. The molecule has 0 aliphatic heterocycles. The van der Waals surface area contributed by atoms with Crippen LogP contribution in [0.2, 0.25) is 0 Å². The molecule has 90 valence electrons. The van der Waals surface area contributed by atoms with Gasteiger partial charge in [0.1, 0.15) is 6.07 Å². The van der Waals surface area contributed by atoms with E-state index in [0.717, 1.165) is 0 Å². The van der Waals surface area contributed by atoms with Crippen LogP contribution in [-0.2, 0) is 4.79 Å². The summed E-state index contributed by atoms with van der Waals surface area (Å²) < 4.78 is 13.8. The van der Waals surface area contributed by atoms with Gasteiger partial charge < -0.3 is 10.4 Å². The number of benzene rings is 1. The van der Waals surface area contributed by atoms with E-state index >= 15 is 0 Å². The number of aliphatic carboxylic acids is 1. The van der Waals surface area contributed by atoms with Crippen molar-refractivity contribution in [1.29, 1.82) is 5.26 Å². The molecular formula is C11H10BrFN2O2. The minimum absolute atomic E-state index is 0.0338. The van der Waals surface area contributed by atoms with Crippen molar-refractivity contribution >= 4 is 27.6 Å².